The summed E-state index contributed by atoms with van der Waals surface area (Å²) in [5.41, 5.74) is 0. The van der Waals surface area contributed by atoms with E-state index in [9.17, 15) is 8.42 Å². The van der Waals surface area contributed by atoms with Gasteiger partial charge in [-0.05, 0) is 5.92 Å². The van der Waals surface area contributed by atoms with Crippen molar-refractivity contribution >= 4 is 31.3 Å². The van der Waals surface area contributed by atoms with Crippen LogP contribution in [0.15, 0.2) is 0 Å². The second-order valence-corrected chi connectivity index (χ2v) is 5.10. The van der Waals surface area contributed by atoms with Crippen molar-refractivity contribution in [1.29, 1.82) is 0 Å². The van der Waals surface area contributed by atoms with Crippen molar-refractivity contribution in [3.05, 3.63) is 0 Å². The summed E-state index contributed by atoms with van der Waals surface area (Å²) in [5.74, 6) is 0.221. The van der Waals surface area contributed by atoms with E-state index in [0.29, 0.717) is 5.88 Å². The number of hydrogen-bond acceptors (Lipinski definition) is 2. The number of rotatable bonds is 3. The molecule has 0 aliphatic rings. The van der Waals surface area contributed by atoms with Crippen LogP contribution in [-0.4, -0.2) is 20.1 Å². The second-order valence-electron chi connectivity index (χ2n) is 1.96. The van der Waals surface area contributed by atoms with Crippen molar-refractivity contribution in [1.82, 2.24) is 0 Å². The molecule has 0 bridgehead atoms. The molecule has 0 spiro atoms. The van der Waals surface area contributed by atoms with E-state index in [2.05, 4.69) is 0 Å². The van der Waals surface area contributed by atoms with Gasteiger partial charge in [0.05, 0.1) is 5.75 Å². The average Bonchev–Trinajstić information content (AvgIpc) is 1.62. The normalized spacial score (nSPS) is 15.4. The molecule has 0 radical (unpaired) electrons. The Morgan fingerprint density at radius 2 is 2.00 bits per heavy atom. The molecule has 2 nitrogen and oxygen atoms in total. The Balaban J connectivity index is 3.75. The van der Waals surface area contributed by atoms with Crippen molar-refractivity contribution in [2.45, 2.75) is 6.92 Å². The topological polar surface area (TPSA) is 34.1 Å². The summed E-state index contributed by atoms with van der Waals surface area (Å²) in [7, 11) is 1.57. The zero-order valence-electron chi connectivity index (χ0n) is 4.97. The van der Waals surface area contributed by atoms with E-state index in [4.69, 9.17) is 22.3 Å². The summed E-state index contributed by atoms with van der Waals surface area (Å²) in [6, 6.07) is 0. The van der Waals surface area contributed by atoms with Crippen LogP contribution in [0.25, 0.3) is 0 Å². The van der Waals surface area contributed by atoms with E-state index >= 15 is 0 Å². The number of hydrogen-bond donors (Lipinski definition) is 0. The lowest BCUT2D eigenvalue weighted by Gasteiger charge is -2.01. The van der Waals surface area contributed by atoms with Crippen LogP contribution in [0.2, 0.25) is 0 Å². The third-order valence-electron chi connectivity index (χ3n) is 0.747. The van der Waals surface area contributed by atoms with Gasteiger partial charge in [-0.25, -0.2) is 8.42 Å². The quantitative estimate of drug-likeness (QED) is 0.499. The predicted molar refractivity (Wildman–Crippen MR) is 39.5 cm³/mol. The Kier molecular flexibility index (Phi) is 3.85. The van der Waals surface area contributed by atoms with Gasteiger partial charge in [0.15, 0.2) is 0 Å². The van der Waals surface area contributed by atoms with Crippen molar-refractivity contribution in [2.75, 3.05) is 11.6 Å². The highest BCUT2D eigenvalue weighted by atomic mass is 35.7. The van der Waals surface area contributed by atoms with Gasteiger partial charge in [-0.1, -0.05) is 6.92 Å². The predicted octanol–water partition coefficient (Wildman–Crippen LogP) is 1.43. The first kappa shape index (κ1) is 9.53. The minimum Gasteiger partial charge on any atom is -0.212 e. The van der Waals surface area contributed by atoms with Crippen LogP contribution >= 0.6 is 22.3 Å². The Morgan fingerprint density at radius 3 is 2.11 bits per heavy atom. The molecule has 5 heteroatoms. The average molecular weight is 191 g/mol. The summed E-state index contributed by atoms with van der Waals surface area (Å²) in [6.45, 7) is 1.73. The highest BCUT2D eigenvalue weighted by molar-refractivity contribution is 8.13. The fourth-order valence-corrected chi connectivity index (χ4v) is 2.07. The minimum atomic E-state index is -3.35. The van der Waals surface area contributed by atoms with E-state index in [-0.39, 0.29) is 11.7 Å². The van der Waals surface area contributed by atoms with Gasteiger partial charge >= 0.3 is 0 Å². The summed E-state index contributed by atoms with van der Waals surface area (Å²) in [5, 5.41) is 0. The molecule has 0 aliphatic carbocycles. The lowest BCUT2D eigenvalue weighted by Crippen LogP contribution is -2.09. The zero-order valence-corrected chi connectivity index (χ0v) is 7.30. The van der Waals surface area contributed by atoms with Crippen LogP contribution in [0.3, 0.4) is 0 Å². The molecule has 9 heavy (non-hydrogen) atoms. The molecule has 0 aromatic rings. The molecule has 1 atom stereocenters. The van der Waals surface area contributed by atoms with Crippen LogP contribution < -0.4 is 0 Å². The summed E-state index contributed by atoms with van der Waals surface area (Å²) < 4.78 is 20.6. The van der Waals surface area contributed by atoms with Crippen molar-refractivity contribution < 1.29 is 8.42 Å². The fourth-order valence-electron chi connectivity index (χ4n) is 0.384. The maximum atomic E-state index is 10.3. The fraction of sp³-hybridized carbons (Fsp3) is 1.00. The first-order valence-corrected chi connectivity index (χ1v) is 5.45. The molecule has 0 amide bonds. The monoisotopic (exact) mass is 190 g/mol. The van der Waals surface area contributed by atoms with Gasteiger partial charge in [0, 0.05) is 16.6 Å². The van der Waals surface area contributed by atoms with Crippen molar-refractivity contribution in [2.24, 2.45) is 5.92 Å². The van der Waals surface area contributed by atoms with Crippen LogP contribution in [0.4, 0.5) is 0 Å². The van der Waals surface area contributed by atoms with Gasteiger partial charge in [0.2, 0.25) is 9.05 Å². The summed E-state index contributed by atoms with van der Waals surface area (Å²) >= 11 is 5.33. The highest BCUT2D eigenvalue weighted by Crippen LogP contribution is 2.06. The molecule has 0 rings (SSSR count). The minimum absolute atomic E-state index is 0.0436. The molecule has 0 fully saturated rings. The summed E-state index contributed by atoms with van der Waals surface area (Å²) in [4.78, 5) is 0. The van der Waals surface area contributed by atoms with Crippen molar-refractivity contribution in [3.8, 4) is 0 Å². The Bertz CT molecular complexity index is 163. The highest BCUT2D eigenvalue weighted by Gasteiger charge is 2.10. The third-order valence-corrected chi connectivity index (χ3v) is 2.62. The number of halogens is 2. The largest absolute Gasteiger partial charge is 0.232 e. The van der Waals surface area contributed by atoms with Gasteiger partial charge in [-0.15, -0.1) is 11.6 Å². The molecule has 0 heterocycles. The SMILES string of the molecule is C[C@@H](CCl)CS(=O)(=O)Cl. The van der Waals surface area contributed by atoms with Gasteiger partial charge < -0.3 is 0 Å². The molecule has 0 aliphatic heterocycles. The van der Waals surface area contributed by atoms with Crippen molar-refractivity contribution in [3.63, 3.8) is 0 Å². The van der Waals surface area contributed by atoms with Crippen LogP contribution in [0, 0.1) is 5.92 Å². The molecular weight excluding hydrogens is 183 g/mol. The van der Waals surface area contributed by atoms with E-state index in [1.165, 1.54) is 0 Å². The molecule has 0 unspecified atom stereocenters. The van der Waals surface area contributed by atoms with Gasteiger partial charge in [-0.3, -0.25) is 0 Å². The standard InChI is InChI=1S/C4H8Cl2O2S/c1-4(2-5)3-9(6,7)8/h4H,2-3H2,1H3/t4-/m0/s1. The third kappa shape index (κ3) is 6.41. The maximum Gasteiger partial charge on any atom is 0.232 e. The van der Waals surface area contributed by atoms with Gasteiger partial charge in [0.1, 0.15) is 0 Å². The molecule has 0 N–H and O–H groups in total. The van der Waals surface area contributed by atoms with E-state index in [0.717, 1.165) is 0 Å². The van der Waals surface area contributed by atoms with Gasteiger partial charge in [0.25, 0.3) is 0 Å². The maximum absolute atomic E-state index is 10.3. The molecule has 0 aromatic heterocycles. The smallest absolute Gasteiger partial charge is 0.212 e. The number of alkyl halides is 1. The first-order chi connectivity index (χ1) is 3.95. The molecule has 0 aromatic carbocycles. The van der Waals surface area contributed by atoms with E-state index in [1.807, 2.05) is 0 Å². The molecule has 0 saturated heterocycles. The lowest BCUT2D eigenvalue weighted by molar-refractivity contribution is 0.597. The lowest BCUT2D eigenvalue weighted by atomic mass is 10.3. The Labute approximate surface area is 64.6 Å². The molecule has 0 saturated carbocycles. The van der Waals surface area contributed by atoms with Crippen LogP contribution in [0.5, 0.6) is 0 Å². The molecule has 56 valence electrons. The van der Waals surface area contributed by atoms with E-state index < -0.39 is 9.05 Å². The Morgan fingerprint density at radius 1 is 1.56 bits per heavy atom. The van der Waals surface area contributed by atoms with E-state index in [1.54, 1.807) is 6.92 Å². The Hall–Kier alpha value is 0.530. The second kappa shape index (κ2) is 3.64. The van der Waals surface area contributed by atoms with Gasteiger partial charge in [-0.2, -0.15) is 0 Å². The van der Waals surface area contributed by atoms with Crippen LogP contribution in [0.1, 0.15) is 6.92 Å². The first-order valence-electron chi connectivity index (χ1n) is 2.44. The van der Waals surface area contributed by atoms with Crippen LogP contribution in [-0.2, 0) is 9.05 Å². The zero-order chi connectivity index (χ0) is 7.49. The summed E-state index contributed by atoms with van der Waals surface area (Å²) in [6.07, 6.45) is 0. The molecular formula is C4H8Cl2O2S.